The highest BCUT2D eigenvalue weighted by Crippen LogP contribution is 2.34. The van der Waals surface area contributed by atoms with Gasteiger partial charge < -0.3 is 19.9 Å². The summed E-state index contributed by atoms with van der Waals surface area (Å²) in [6.07, 6.45) is 1.52. The van der Waals surface area contributed by atoms with Gasteiger partial charge in [0.05, 0.1) is 17.4 Å². The molecule has 0 aliphatic carbocycles. The molecule has 2 amide bonds. The van der Waals surface area contributed by atoms with E-state index in [1.165, 1.54) is 17.7 Å². The third-order valence-electron chi connectivity index (χ3n) is 5.53. The van der Waals surface area contributed by atoms with Crippen molar-refractivity contribution in [2.45, 2.75) is 20.4 Å². The van der Waals surface area contributed by atoms with Gasteiger partial charge in [-0.1, -0.05) is 12.1 Å². The zero-order valence-corrected chi connectivity index (χ0v) is 18.7. The van der Waals surface area contributed by atoms with Crippen LogP contribution in [0, 0.1) is 6.92 Å². The standard InChI is InChI=1S/C22H25N5O3S/c1-14-18-20(23-12-16-5-4-6-17(11-16)30-3)24-13-25-21(18)31-19(14)22(29)27-9-7-26(8-10-27)15(2)28/h4-6,11,13H,7-10,12H2,1-3H3,(H,23,24,25). The van der Waals surface area contributed by atoms with Crippen molar-refractivity contribution in [2.24, 2.45) is 0 Å². The molecule has 9 heteroatoms. The largest absolute Gasteiger partial charge is 0.497 e. The summed E-state index contributed by atoms with van der Waals surface area (Å²) in [4.78, 5) is 38.6. The fourth-order valence-corrected chi connectivity index (χ4v) is 4.86. The molecule has 2 aromatic heterocycles. The van der Waals surface area contributed by atoms with E-state index in [2.05, 4.69) is 15.3 Å². The van der Waals surface area contributed by atoms with E-state index in [9.17, 15) is 9.59 Å². The minimum absolute atomic E-state index is 0.0116. The molecule has 0 spiro atoms. The van der Waals surface area contributed by atoms with E-state index in [0.717, 1.165) is 27.1 Å². The van der Waals surface area contributed by atoms with E-state index in [0.29, 0.717) is 43.4 Å². The van der Waals surface area contributed by atoms with E-state index in [-0.39, 0.29) is 11.8 Å². The molecule has 4 rings (SSSR count). The van der Waals surface area contributed by atoms with Crippen LogP contribution in [-0.4, -0.2) is 64.9 Å². The summed E-state index contributed by atoms with van der Waals surface area (Å²) in [6, 6.07) is 7.85. The number of benzene rings is 1. The number of rotatable bonds is 5. The monoisotopic (exact) mass is 439 g/mol. The predicted molar refractivity (Wildman–Crippen MR) is 121 cm³/mol. The Morgan fingerprint density at radius 1 is 1.16 bits per heavy atom. The van der Waals surface area contributed by atoms with Crippen molar-refractivity contribution in [3.8, 4) is 5.75 Å². The molecule has 1 aromatic carbocycles. The summed E-state index contributed by atoms with van der Waals surface area (Å²) in [6.45, 7) is 6.30. The molecular formula is C22H25N5O3S. The van der Waals surface area contributed by atoms with Crippen LogP contribution in [0.2, 0.25) is 0 Å². The summed E-state index contributed by atoms with van der Waals surface area (Å²) >= 11 is 1.39. The van der Waals surface area contributed by atoms with E-state index < -0.39 is 0 Å². The Kier molecular flexibility index (Phi) is 6.03. The van der Waals surface area contributed by atoms with Gasteiger partial charge >= 0.3 is 0 Å². The molecule has 3 heterocycles. The van der Waals surface area contributed by atoms with Gasteiger partial charge in [-0.2, -0.15) is 0 Å². The van der Waals surface area contributed by atoms with Crippen LogP contribution in [0.25, 0.3) is 10.2 Å². The van der Waals surface area contributed by atoms with Crippen molar-refractivity contribution in [3.05, 3.63) is 46.6 Å². The number of ether oxygens (including phenoxy) is 1. The topological polar surface area (TPSA) is 87.7 Å². The van der Waals surface area contributed by atoms with Crippen LogP contribution in [0.15, 0.2) is 30.6 Å². The lowest BCUT2D eigenvalue weighted by atomic mass is 10.1. The maximum atomic E-state index is 13.2. The van der Waals surface area contributed by atoms with E-state index >= 15 is 0 Å². The van der Waals surface area contributed by atoms with Crippen molar-refractivity contribution in [1.82, 2.24) is 19.8 Å². The minimum Gasteiger partial charge on any atom is -0.497 e. The Labute approximate surface area is 184 Å². The van der Waals surface area contributed by atoms with Crippen molar-refractivity contribution < 1.29 is 14.3 Å². The highest BCUT2D eigenvalue weighted by Gasteiger charge is 2.27. The number of nitrogens with one attached hydrogen (secondary N) is 1. The second kappa shape index (κ2) is 8.89. The molecule has 8 nitrogen and oxygen atoms in total. The maximum absolute atomic E-state index is 13.2. The third kappa shape index (κ3) is 4.32. The molecule has 3 aromatic rings. The number of hydrogen-bond acceptors (Lipinski definition) is 7. The van der Waals surface area contributed by atoms with Crippen LogP contribution >= 0.6 is 11.3 Å². The molecule has 1 saturated heterocycles. The first kappa shape index (κ1) is 21.0. The van der Waals surface area contributed by atoms with Crippen LogP contribution in [0.1, 0.15) is 27.7 Å². The highest BCUT2D eigenvalue weighted by molar-refractivity contribution is 7.20. The summed E-state index contributed by atoms with van der Waals surface area (Å²) in [5, 5.41) is 4.25. The van der Waals surface area contributed by atoms with Crippen molar-refractivity contribution in [2.75, 3.05) is 38.6 Å². The molecule has 1 aliphatic rings. The summed E-state index contributed by atoms with van der Waals surface area (Å²) in [7, 11) is 1.65. The molecule has 1 N–H and O–H groups in total. The molecule has 0 radical (unpaired) electrons. The predicted octanol–water partition coefficient (Wildman–Crippen LogP) is 2.92. The smallest absolute Gasteiger partial charge is 0.264 e. The lowest BCUT2D eigenvalue weighted by molar-refractivity contribution is -0.130. The molecule has 0 bridgehead atoms. The number of anilines is 1. The zero-order valence-electron chi connectivity index (χ0n) is 17.8. The van der Waals surface area contributed by atoms with Crippen molar-refractivity contribution in [1.29, 1.82) is 0 Å². The van der Waals surface area contributed by atoms with Crippen LogP contribution in [0.3, 0.4) is 0 Å². The number of thiophene rings is 1. The van der Waals surface area contributed by atoms with Gasteiger partial charge in [0, 0.05) is 39.6 Å². The van der Waals surface area contributed by atoms with Crippen LogP contribution in [-0.2, 0) is 11.3 Å². The fraction of sp³-hybridized carbons (Fsp3) is 0.364. The number of aromatic nitrogens is 2. The van der Waals surface area contributed by atoms with Crippen LogP contribution < -0.4 is 10.1 Å². The number of methoxy groups -OCH3 is 1. The first-order valence-corrected chi connectivity index (χ1v) is 10.9. The fourth-order valence-electron chi connectivity index (χ4n) is 3.75. The molecule has 1 fully saturated rings. The molecule has 0 unspecified atom stereocenters. The SMILES string of the molecule is COc1cccc(CNc2ncnc3sc(C(=O)N4CCN(C(C)=O)CC4)c(C)c23)c1. The number of fused-ring (bicyclic) bond motifs is 1. The minimum atomic E-state index is -0.0116. The average Bonchev–Trinajstić information content (AvgIpc) is 3.14. The molecule has 0 saturated carbocycles. The number of nitrogens with zero attached hydrogens (tertiary/aromatic N) is 4. The lowest BCUT2D eigenvalue weighted by Crippen LogP contribution is -2.50. The van der Waals surface area contributed by atoms with E-state index in [1.807, 2.05) is 36.1 Å². The van der Waals surface area contributed by atoms with Crippen LogP contribution in [0.4, 0.5) is 5.82 Å². The highest BCUT2D eigenvalue weighted by atomic mass is 32.1. The van der Waals surface area contributed by atoms with Gasteiger partial charge in [0.1, 0.15) is 22.7 Å². The van der Waals surface area contributed by atoms with Crippen molar-refractivity contribution >= 4 is 39.2 Å². The van der Waals surface area contributed by atoms with Gasteiger partial charge in [-0.25, -0.2) is 9.97 Å². The number of piperazine rings is 1. The van der Waals surface area contributed by atoms with E-state index in [1.54, 1.807) is 18.9 Å². The van der Waals surface area contributed by atoms with Gasteiger partial charge in [-0.3, -0.25) is 9.59 Å². The molecule has 1 aliphatic heterocycles. The quantitative estimate of drug-likeness (QED) is 0.658. The Morgan fingerprint density at radius 3 is 2.61 bits per heavy atom. The average molecular weight is 440 g/mol. The van der Waals surface area contributed by atoms with Gasteiger partial charge in [0.25, 0.3) is 5.91 Å². The molecule has 0 atom stereocenters. The van der Waals surface area contributed by atoms with Gasteiger partial charge in [0.15, 0.2) is 0 Å². The van der Waals surface area contributed by atoms with Crippen LogP contribution in [0.5, 0.6) is 5.75 Å². The zero-order chi connectivity index (χ0) is 22.0. The maximum Gasteiger partial charge on any atom is 0.264 e. The second-order valence-electron chi connectivity index (χ2n) is 7.46. The first-order valence-electron chi connectivity index (χ1n) is 10.1. The van der Waals surface area contributed by atoms with Crippen molar-refractivity contribution in [3.63, 3.8) is 0 Å². The molecule has 31 heavy (non-hydrogen) atoms. The number of amides is 2. The summed E-state index contributed by atoms with van der Waals surface area (Å²) < 4.78 is 5.29. The van der Waals surface area contributed by atoms with Gasteiger partial charge in [-0.05, 0) is 30.2 Å². The van der Waals surface area contributed by atoms with Gasteiger partial charge in [0.2, 0.25) is 5.91 Å². The number of aryl methyl sites for hydroxylation is 1. The van der Waals surface area contributed by atoms with E-state index in [4.69, 9.17) is 4.74 Å². The summed E-state index contributed by atoms with van der Waals surface area (Å²) in [5.74, 6) is 1.55. The Balaban J connectivity index is 1.55. The Bertz CT molecular complexity index is 1120. The normalized spacial score (nSPS) is 14.0. The second-order valence-corrected chi connectivity index (χ2v) is 8.46. The summed E-state index contributed by atoms with van der Waals surface area (Å²) in [5.41, 5.74) is 1.95. The Morgan fingerprint density at radius 2 is 1.90 bits per heavy atom. The number of carbonyl (C=O) groups excluding carboxylic acids is 2. The molecular weight excluding hydrogens is 414 g/mol. The molecule has 162 valence electrons. The number of hydrogen-bond donors (Lipinski definition) is 1. The van der Waals surface area contributed by atoms with Gasteiger partial charge in [-0.15, -0.1) is 11.3 Å². The number of carbonyl (C=O) groups is 2. The Hall–Kier alpha value is -3.20. The first-order chi connectivity index (χ1) is 15.0. The third-order valence-corrected chi connectivity index (χ3v) is 6.72. The lowest BCUT2D eigenvalue weighted by Gasteiger charge is -2.34.